The first kappa shape index (κ1) is 24.2. The first-order valence-electron chi connectivity index (χ1n) is 10.4. The van der Waals surface area contributed by atoms with Crippen molar-refractivity contribution >= 4 is 38.7 Å². The summed E-state index contributed by atoms with van der Waals surface area (Å²) in [6.45, 7) is 3.26. The number of sulfonamides is 1. The molecule has 0 spiro atoms. The van der Waals surface area contributed by atoms with Gasteiger partial charge in [0.2, 0.25) is 15.9 Å². The lowest BCUT2D eigenvalue weighted by Crippen LogP contribution is -2.26. The van der Waals surface area contributed by atoms with E-state index in [1.807, 2.05) is 17.6 Å². The zero-order valence-electron chi connectivity index (χ0n) is 17.9. The van der Waals surface area contributed by atoms with Crippen molar-refractivity contribution in [2.24, 2.45) is 5.14 Å². The number of nitrogens with one attached hydrogen (secondary N) is 1. The van der Waals surface area contributed by atoms with Crippen molar-refractivity contribution in [3.05, 3.63) is 59.7 Å². The molecule has 0 saturated heterocycles. The number of aryl methyl sites for hydroxylation is 2. The number of halogens is 1. The Labute approximate surface area is 191 Å². The molecule has 3 rings (SSSR count). The van der Waals surface area contributed by atoms with Crippen LogP contribution < -0.4 is 10.5 Å². The Hall–Kier alpha value is -2.43. The Balaban J connectivity index is 1.53. The van der Waals surface area contributed by atoms with E-state index in [2.05, 4.69) is 10.3 Å². The van der Waals surface area contributed by atoms with Gasteiger partial charge in [-0.1, -0.05) is 25.1 Å². The van der Waals surface area contributed by atoms with Crippen molar-refractivity contribution in [1.29, 1.82) is 0 Å². The molecule has 1 aromatic heterocycles. The zero-order chi connectivity index (χ0) is 23.1. The molecule has 0 aliphatic rings. The lowest BCUT2D eigenvalue weighted by molar-refractivity contribution is -0.120. The highest BCUT2D eigenvalue weighted by Gasteiger charge is 2.15. The number of hydrogen-bond acceptors (Lipinski definition) is 5. The molecular formula is C22H27FN4O3S2. The molecule has 1 amide bonds. The molecule has 0 unspecified atom stereocenters. The van der Waals surface area contributed by atoms with Gasteiger partial charge >= 0.3 is 0 Å². The average molecular weight is 479 g/mol. The number of hydrogen-bond donors (Lipinski definition) is 2. The van der Waals surface area contributed by atoms with Crippen molar-refractivity contribution in [3.63, 3.8) is 0 Å². The van der Waals surface area contributed by atoms with Crippen LogP contribution in [0.5, 0.6) is 0 Å². The summed E-state index contributed by atoms with van der Waals surface area (Å²) in [6, 6.07) is 11.3. The van der Waals surface area contributed by atoms with Crippen LogP contribution in [0, 0.1) is 5.82 Å². The third kappa shape index (κ3) is 6.30. The summed E-state index contributed by atoms with van der Waals surface area (Å²) in [5.41, 5.74) is 2.02. The molecule has 0 fully saturated rings. The highest BCUT2D eigenvalue weighted by atomic mass is 32.2. The zero-order valence-corrected chi connectivity index (χ0v) is 19.5. The number of nitrogens with zero attached hydrogens (tertiary/aromatic N) is 2. The second kappa shape index (κ2) is 10.9. The number of carbonyl (C=O) groups excluding carboxylic acids is 1. The van der Waals surface area contributed by atoms with Crippen molar-refractivity contribution < 1.29 is 17.6 Å². The Kier molecular flexibility index (Phi) is 8.27. The van der Waals surface area contributed by atoms with Gasteiger partial charge in [0, 0.05) is 37.4 Å². The monoisotopic (exact) mass is 478 g/mol. The molecule has 10 heteroatoms. The summed E-state index contributed by atoms with van der Waals surface area (Å²) in [7, 11) is -3.81. The molecule has 0 radical (unpaired) electrons. The summed E-state index contributed by atoms with van der Waals surface area (Å²) in [5.74, 6) is 1.68. The van der Waals surface area contributed by atoms with Gasteiger partial charge in [-0.05, 0) is 36.2 Å². The van der Waals surface area contributed by atoms with Crippen molar-refractivity contribution in [2.45, 2.75) is 43.4 Å². The predicted molar refractivity (Wildman–Crippen MR) is 125 cm³/mol. The van der Waals surface area contributed by atoms with E-state index in [0.29, 0.717) is 35.6 Å². The van der Waals surface area contributed by atoms with Gasteiger partial charge in [-0.2, -0.15) is 11.8 Å². The lowest BCUT2D eigenvalue weighted by Gasteiger charge is -2.09. The predicted octanol–water partition coefficient (Wildman–Crippen LogP) is 3.22. The van der Waals surface area contributed by atoms with Crippen LogP contribution in [-0.2, 0) is 33.5 Å². The van der Waals surface area contributed by atoms with Crippen LogP contribution in [0.2, 0.25) is 0 Å². The van der Waals surface area contributed by atoms with Gasteiger partial charge in [0.1, 0.15) is 11.6 Å². The number of aromatic nitrogens is 2. The second-order valence-corrected chi connectivity index (χ2v) is 10.0. The van der Waals surface area contributed by atoms with E-state index in [4.69, 9.17) is 5.14 Å². The molecule has 0 aliphatic heterocycles. The van der Waals surface area contributed by atoms with E-state index >= 15 is 0 Å². The maximum Gasteiger partial charge on any atom is 0.238 e. The Morgan fingerprint density at radius 2 is 2.03 bits per heavy atom. The van der Waals surface area contributed by atoms with Crippen LogP contribution in [0.3, 0.4) is 0 Å². The SMILES string of the molecule is CCCn1c(CCC(=O)NCCSCc2ccccc2F)nc2cc(S(N)(=O)=O)ccc21. The lowest BCUT2D eigenvalue weighted by atomic mass is 10.2. The molecular weight excluding hydrogens is 451 g/mol. The van der Waals surface area contributed by atoms with Gasteiger partial charge in [0.05, 0.1) is 15.9 Å². The van der Waals surface area contributed by atoms with Gasteiger partial charge in [0.25, 0.3) is 0 Å². The van der Waals surface area contributed by atoms with Crippen LogP contribution in [0.1, 0.15) is 31.2 Å². The van der Waals surface area contributed by atoms with Crippen LogP contribution in [0.15, 0.2) is 47.4 Å². The third-order valence-corrected chi connectivity index (χ3v) is 6.85. The molecule has 32 heavy (non-hydrogen) atoms. The number of primary sulfonamides is 1. The average Bonchev–Trinajstić information content (AvgIpc) is 3.10. The first-order chi connectivity index (χ1) is 15.3. The molecule has 0 aliphatic carbocycles. The molecule has 172 valence electrons. The summed E-state index contributed by atoms with van der Waals surface area (Å²) < 4.78 is 38.9. The number of nitrogens with two attached hydrogens (primary N) is 1. The largest absolute Gasteiger partial charge is 0.355 e. The van der Waals surface area contributed by atoms with E-state index < -0.39 is 10.0 Å². The van der Waals surface area contributed by atoms with E-state index in [0.717, 1.165) is 24.3 Å². The molecule has 0 bridgehead atoms. The molecule has 3 aromatic rings. The van der Waals surface area contributed by atoms with E-state index in [1.54, 1.807) is 30.0 Å². The van der Waals surface area contributed by atoms with Crippen LogP contribution in [-0.4, -0.2) is 36.2 Å². The summed E-state index contributed by atoms with van der Waals surface area (Å²) in [4.78, 5) is 16.8. The topological polar surface area (TPSA) is 107 Å². The van der Waals surface area contributed by atoms with Crippen LogP contribution >= 0.6 is 11.8 Å². The highest BCUT2D eigenvalue weighted by Crippen LogP contribution is 2.21. The van der Waals surface area contributed by atoms with Gasteiger partial charge in [-0.3, -0.25) is 4.79 Å². The number of thioether (sulfide) groups is 1. The van der Waals surface area contributed by atoms with E-state index in [-0.39, 0.29) is 23.0 Å². The molecule has 1 heterocycles. The number of benzene rings is 2. The summed E-state index contributed by atoms with van der Waals surface area (Å²) in [5, 5.41) is 8.10. The fourth-order valence-electron chi connectivity index (χ4n) is 3.37. The number of imidazole rings is 1. The normalized spacial score (nSPS) is 11.7. The summed E-state index contributed by atoms with van der Waals surface area (Å²) in [6.07, 6.45) is 1.58. The molecule has 0 saturated carbocycles. The van der Waals surface area contributed by atoms with Gasteiger partial charge in [0.15, 0.2) is 0 Å². The Morgan fingerprint density at radius 3 is 2.75 bits per heavy atom. The molecule has 3 N–H and O–H groups in total. The minimum atomic E-state index is -3.81. The number of rotatable bonds is 11. The quantitative estimate of drug-likeness (QED) is 0.412. The van der Waals surface area contributed by atoms with E-state index in [1.165, 1.54) is 18.2 Å². The van der Waals surface area contributed by atoms with Crippen molar-refractivity contribution in [2.75, 3.05) is 12.3 Å². The van der Waals surface area contributed by atoms with Gasteiger partial charge < -0.3 is 9.88 Å². The maximum atomic E-state index is 13.6. The molecule has 0 atom stereocenters. The Morgan fingerprint density at radius 1 is 1.25 bits per heavy atom. The smallest absolute Gasteiger partial charge is 0.238 e. The maximum absolute atomic E-state index is 13.6. The van der Waals surface area contributed by atoms with Crippen molar-refractivity contribution in [3.8, 4) is 0 Å². The fourth-order valence-corrected chi connectivity index (χ4v) is 4.75. The van der Waals surface area contributed by atoms with E-state index in [9.17, 15) is 17.6 Å². The number of carbonyl (C=O) groups is 1. The first-order valence-corrected chi connectivity index (χ1v) is 13.1. The fraction of sp³-hybridized carbons (Fsp3) is 0.364. The third-order valence-electron chi connectivity index (χ3n) is 4.93. The van der Waals surface area contributed by atoms with Crippen molar-refractivity contribution in [1.82, 2.24) is 14.9 Å². The van der Waals surface area contributed by atoms with Gasteiger partial charge in [-0.15, -0.1) is 0 Å². The second-order valence-electron chi connectivity index (χ2n) is 7.37. The molecule has 2 aromatic carbocycles. The number of fused-ring (bicyclic) bond motifs is 1. The van der Waals surface area contributed by atoms with Crippen LogP contribution in [0.25, 0.3) is 11.0 Å². The van der Waals surface area contributed by atoms with Crippen LogP contribution in [0.4, 0.5) is 4.39 Å². The standard InChI is InChI=1S/C22H27FN4O3S2/c1-2-12-27-20-8-7-17(32(24,29)30)14-19(20)26-21(27)9-10-22(28)25-11-13-31-15-16-5-3-4-6-18(16)23/h3-8,14H,2,9-13,15H2,1H3,(H,25,28)(H2,24,29,30). The highest BCUT2D eigenvalue weighted by molar-refractivity contribution is 7.98. The number of amides is 1. The summed E-state index contributed by atoms with van der Waals surface area (Å²) >= 11 is 1.56. The molecule has 7 nitrogen and oxygen atoms in total. The Bertz CT molecular complexity index is 1200. The van der Waals surface area contributed by atoms with Gasteiger partial charge in [-0.25, -0.2) is 22.9 Å². The minimum absolute atomic E-state index is 0.0170. The minimum Gasteiger partial charge on any atom is -0.355 e.